The molecule has 6 nitrogen and oxygen atoms in total. The molecule has 0 saturated heterocycles. The summed E-state index contributed by atoms with van der Waals surface area (Å²) >= 11 is 0. The molecule has 0 fully saturated rings. The second kappa shape index (κ2) is 6.70. The van der Waals surface area contributed by atoms with E-state index in [0.29, 0.717) is 5.56 Å². The van der Waals surface area contributed by atoms with Gasteiger partial charge in [-0.05, 0) is 26.0 Å². The van der Waals surface area contributed by atoms with Crippen molar-refractivity contribution in [3.8, 4) is 0 Å². The van der Waals surface area contributed by atoms with Gasteiger partial charge >= 0.3 is 11.9 Å². The first-order chi connectivity index (χ1) is 9.45. The van der Waals surface area contributed by atoms with E-state index < -0.39 is 23.4 Å². The zero-order valence-corrected chi connectivity index (χ0v) is 11.6. The Morgan fingerprint density at radius 2 is 1.75 bits per heavy atom. The van der Waals surface area contributed by atoms with Crippen LogP contribution in [0.15, 0.2) is 30.3 Å². The lowest BCUT2D eigenvalue weighted by atomic mass is 10.0. The molecule has 1 N–H and O–H groups in total. The molecular formula is C14H17NO5. The van der Waals surface area contributed by atoms with E-state index >= 15 is 0 Å². The van der Waals surface area contributed by atoms with Crippen molar-refractivity contribution < 1.29 is 23.9 Å². The number of ether oxygens (including phenoxy) is 2. The van der Waals surface area contributed by atoms with E-state index in [2.05, 4.69) is 10.1 Å². The minimum absolute atomic E-state index is 0.0899. The summed E-state index contributed by atoms with van der Waals surface area (Å²) in [4.78, 5) is 35.7. The third-order valence-electron chi connectivity index (χ3n) is 2.68. The molecule has 0 aliphatic heterocycles. The number of nitrogens with one attached hydrogen (secondary N) is 1. The van der Waals surface area contributed by atoms with Crippen molar-refractivity contribution in [2.75, 3.05) is 13.7 Å². The van der Waals surface area contributed by atoms with E-state index in [4.69, 9.17) is 4.74 Å². The maximum atomic E-state index is 12.1. The van der Waals surface area contributed by atoms with E-state index in [1.54, 1.807) is 37.3 Å². The van der Waals surface area contributed by atoms with Gasteiger partial charge in [-0.2, -0.15) is 0 Å². The summed E-state index contributed by atoms with van der Waals surface area (Å²) in [5, 5.41) is 2.36. The fourth-order valence-electron chi connectivity index (χ4n) is 1.55. The summed E-state index contributed by atoms with van der Waals surface area (Å²) in [7, 11) is 1.13. The third kappa shape index (κ3) is 3.34. The number of hydrogen-bond donors (Lipinski definition) is 1. The Morgan fingerprint density at radius 3 is 2.25 bits per heavy atom. The van der Waals surface area contributed by atoms with Crippen LogP contribution in [0.2, 0.25) is 0 Å². The van der Waals surface area contributed by atoms with Gasteiger partial charge in [0.15, 0.2) is 0 Å². The summed E-state index contributed by atoms with van der Waals surface area (Å²) in [6.45, 7) is 2.94. The molecule has 108 valence electrons. The third-order valence-corrected chi connectivity index (χ3v) is 2.68. The van der Waals surface area contributed by atoms with Crippen LogP contribution in [0.5, 0.6) is 0 Å². The minimum atomic E-state index is -1.88. The van der Waals surface area contributed by atoms with Crippen LogP contribution in [0.1, 0.15) is 24.2 Å². The van der Waals surface area contributed by atoms with Crippen LogP contribution in [0.3, 0.4) is 0 Å². The van der Waals surface area contributed by atoms with E-state index in [9.17, 15) is 14.4 Å². The Labute approximate surface area is 117 Å². The van der Waals surface area contributed by atoms with Crippen molar-refractivity contribution >= 4 is 17.8 Å². The lowest BCUT2D eigenvalue weighted by Gasteiger charge is -2.25. The predicted molar refractivity (Wildman–Crippen MR) is 71.0 cm³/mol. The SMILES string of the molecule is CCOC(=O)C(C)(NC(=O)c1ccccc1)C(=O)OC. The largest absolute Gasteiger partial charge is 0.467 e. The van der Waals surface area contributed by atoms with Gasteiger partial charge < -0.3 is 14.8 Å². The number of hydrogen-bond acceptors (Lipinski definition) is 5. The van der Waals surface area contributed by atoms with Crippen LogP contribution in [-0.4, -0.2) is 37.1 Å². The Hall–Kier alpha value is -2.37. The van der Waals surface area contributed by atoms with Crippen LogP contribution < -0.4 is 5.32 Å². The first-order valence-corrected chi connectivity index (χ1v) is 6.09. The zero-order chi connectivity index (χ0) is 15.2. The fourth-order valence-corrected chi connectivity index (χ4v) is 1.55. The standard InChI is InChI=1S/C14H17NO5/c1-4-20-13(18)14(2,12(17)19-3)15-11(16)10-8-6-5-7-9-10/h5-9H,4H2,1-3H3,(H,15,16). The molecule has 1 aromatic rings. The molecule has 0 saturated carbocycles. The molecule has 0 aliphatic rings. The molecule has 0 radical (unpaired) electrons. The van der Waals surface area contributed by atoms with E-state index in [0.717, 1.165) is 7.11 Å². The van der Waals surface area contributed by atoms with Crippen LogP contribution in [0, 0.1) is 0 Å². The van der Waals surface area contributed by atoms with E-state index in [1.165, 1.54) is 6.92 Å². The number of esters is 2. The van der Waals surface area contributed by atoms with Gasteiger partial charge in [-0.25, -0.2) is 9.59 Å². The second-order valence-electron chi connectivity index (χ2n) is 4.16. The Kier molecular flexibility index (Phi) is 5.25. The summed E-state index contributed by atoms with van der Waals surface area (Å²) in [6.07, 6.45) is 0. The molecule has 1 aromatic carbocycles. The van der Waals surface area contributed by atoms with E-state index in [1.807, 2.05) is 0 Å². The highest BCUT2D eigenvalue weighted by atomic mass is 16.6. The average Bonchev–Trinajstić information content (AvgIpc) is 2.47. The maximum Gasteiger partial charge on any atom is 0.343 e. The van der Waals surface area contributed by atoms with E-state index in [-0.39, 0.29) is 6.61 Å². The van der Waals surface area contributed by atoms with Crippen molar-refractivity contribution in [1.29, 1.82) is 0 Å². The Morgan fingerprint density at radius 1 is 1.15 bits per heavy atom. The summed E-state index contributed by atoms with van der Waals surface area (Å²) in [5.74, 6) is -2.32. The van der Waals surface area contributed by atoms with Crippen molar-refractivity contribution in [2.24, 2.45) is 0 Å². The van der Waals surface area contributed by atoms with Gasteiger partial charge in [-0.3, -0.25) is 4.79 Å². The molecule has 0 bridgehead atoms. The van der Waals surface area contributed by atoms with Gasteiger partial charge in [0, 0.05) is 5.56 Å². The molecule has 0 spiro atoms. The van der Waals surface area contributed by atoms with Gasteiger partial charge in [-0.1, -0.05) is 18.2 Å². The van der Waals surface area contributed by atoms with Crippen LogP contribution in [-0.2, 0) is 19.1 Å². The minimum Gasteiger partial charge on any atom is -0.467 e. The van der Waals surface area contributed by atoms with Crippen LogP contribution in [0.4, 0.5) is 0 Å². The van der Waals surface area contributed by atoms with Crippen molar-refractivity contribution in [1.82, 2.24) is 5.32 Å². The number of amides is 1. The quantitative estimate of drug-likeness (QED) is 0.640. The number of benzene rings is 1. The van der Waals surface area contributed by atoms with Gasteiger partial charge in [0.25, 0.3) is 5.91 Å². The fraction of sp³-hybridized carbons (Fsp3) is 0.357. The molecule has 1 rings (SSSR count). The lowest BCUT2D eigenvalue weighted by molar-refractivity contribution is -0.163. The van der Waals surface area contributed by atoms with Gasteiger partial charge in [0.2, 0.25) is 5.54 Å². The molecule has 0 aromatic heterocycles. The first kappa shape index (κ1) is 15.7. The maximum absolute atomic E-state index is 12.1. The summed E-state index contributed by atoms with van der Waals surface area (Å²) < 4.78 is 9.38. The predicted octanol–water partition coefficient (Wildman–Crippen LogP) is 0.911. The van der Waals surface area contributed by atoms with Crippen molar-refractivity contribution in [3.05, 3.63) is 35.9 Å². The molecule has 1 amide bonds. The Bertz CT molecular complexity index is 500. The highest BCUT2D eigenvalue weighted by molar-refractivity contribution is 6.09. The average molecular weight is 279 g/mol. The first-order valence-electron chi connectivity index (χ1n) is 6.09. The molecule has 0 heterocycles. The van der Waals surface area contributed by atoms with Crippen molar-refractivity contribution in [2.45, 2.75) is 19.4 Å². The number of rotatable bonds is 5. The molecular weight excluding hydrogens is 262 g/mol. The monoisotopic (exact) mass is 279 g/mol. The summed E-state index contributed by atoms with van der Waals surface area (Å²) in [6, 6.07) is 8.24. The number of methoxy groups -OCH3 is 1. The molecule has 20 heavy (non-hydrogen) atoms. The number of carbonyl (C=O) groups is 3. The topological polar surface area (TPSA) is 81.7 Å². The Balaban J connectivity index is 2.99. The highest BCUT2D eigenvalue weighted by Crippen LogP contribution is 2.11. The van der Waals surface area contributed by atoms with Crippen molar-refractivity contribution in [3.63, 3.8) is 0 Å². The smallest absolute Gasteiger partial charge is 0.343 e. The second-order valence-corrected chi connectivity index (χ2v) is 4.16. The van der Waals surface area contributed by atoms with Gasteiger partial charge in [0.1, 0.15) is 0 Å². The van der Waals surface area contributed by atoms with Crippen LogP contribution >= 0.6 is 0 Å². The number of carbonyl (C=O) groups excluding carboxylic acids is 3. The molecule has 6 heteroatoms. The normalized spacial score (nSPS) is 12.9. The molecule has 1 atom stereocenters. The molecule has 1 unspecified atom stereocenters. The van der Waals surface area contributed by atoms with Crippen LogP contribution in [0.25, 0.3) is 0 Å². The molecule has 0 aliphatic carbocycles. The summed E-state index contributed by atoms with van der Waals surface area (Å²) in [5.41, 5.74) is -1.55. The van der Waals surface area contributed by atoms with Gasteiger partial charge in [-0.15, -0.1) is 0 Å². The highest BCUT2D eigenvalue weighted by Gasteiger charge is 2.45. The zero-order valence-electron chi connectivity index (χ0n) is 11.6. The van der Waals surface area contributed by atoms with Gasteiger partial charge in [0.05, 0.1) is 13.7 Å². The lowest BCUT2D eigenvalue weighted by Crippen LogP contribution is -2.59.